The van der Waals surface area contributed by atoms with E-state index < -0.39 is 0 Å². The number of hydrogen-bond donors (Lipinski definition) is 1. The minimum absolute atomic E-state index is 0.247. The van der Waals surface area contributed by atoms with Crippen LogP contribution in [0.15, 0.2) is 48.5 Å². The fraction of sp³-hybridized carbons (Fsp3) is 0.294. The Morgan fingerprint density at radius 1 is 1.10 bits per heavy atom. The molecule has 2 rings (SSSR count). The van der Waals surface area contributed by atoms with Crippen molar-refractivity contribution >= 4 is 28.3 Å². The molecule has 0 spiro atoms. The summed E-state index contributed by atoms with van der Waals surface area (Å²) in [6, 6.07) is 16.8. The summed E-state index contributed by atoms with van der Waals surface area (Å²) in [6.07, 6.45) is 0. The second kappa shape index (κ2) is 8.24. The van der Waals surface area contributed by atoms with Crippen LogP contribution in [0.4, 0.5) is 5.69 Å². The third kappa shape index (κ3) is 5.21. The van der Waals surface area contributed by atoms with Crippen molar-refractivity contribution in [2.24, 2.45) is 0 Å². The molecule has 2 aromatic rings. The Bertz CT molecular complexity index is 557. The molecule has 0 aliphatic heterocycles. The van der Waals surface area contributed by atoms with Crippen LogP contribution in [0, 0.1) is 3.57 Å². The third-order valence-electron chi connectivity index (χ3n) is 3.14. The molecule has 2 aromatic carbocycles. The summed E-state index contributed by atoms with van der Waals surface area (Å²) in [7, 11) is 1.67. The van der Waals surface area contributed by atoms with Crippen LogP contribution < -0.4 is 10.1 Å². The van der Waals surface area contributed by atoms with Gasteiger partial charge in [-0.05, 0) is 59.3 Å². The first-order chi connectivity index (χ1) is 10.2. The summed E-state index contributed by atoms with van der Waals surface area (Å²) in [4.78, 5) is 0. The third-order valence-corrected chi connectivity index (χ3v) is 3.86. The summed E-state index contributed by atoms with van der Waals surface area (Å²) >= 11 is 2.32. The molecule has 112 valence electrons. The van der Waals surface area contributed by atoms with Crippen molar-refractivity contribution in [1.29, 1.82) is 0 Å². The first-order valence-corrected chi connectivity index (χ1v) is 8.00. The summed E-state index contributed by atoms with van der Waals surface area (Å²) in [5.74, 6) is 0.854. The van der Waals surface area contributed by atoms with Gasteiger partial charge in [0.15, 0.2) is 0 Å². The average molecular weight is 397 g/mol. The quantitative estimate of drug-likeness (QED) is 0.552. The number of methoxy groups -OCH3 is 1. The molecule has 0 fully saturated rings. The van der Waals surface area contributed by atoms with Crippen LogP contribution in [0.25, 0.3) is 0 Å². The molecule has 1 atom stereocenters. The van der Waals surface area contributed by atoms with Gasteiger partial charge in [0, 0.05) is 28.5 Å². The number of benzene rings is 2. The minimum Gasteiger partial charge on any atom is -0.491 e. The Morgan fingerprint density at radius 2 is 1.86 bits per heavy atom. The Labute approximate surface area is 139 Å². The fourth-order valence-corrected chi connectivity index (χ4v) is 2.36. The second-order valence-corrected chi connectivity index (χ2v) is 6.03. The molecule has 21 heavy (non-hydrogen) atoms. The maximum absolute atomic E-state index is 5.62. The predicted molar refractivity (Wildman–Crippen MR) is 95.0 cm³/mol. The first-order valence-electron chi connectivity index (χ1n) is 6.93. The summed E-state index contributed by atoms with van der Waals surface area (Å²) in [5, 5.41) is 3.49. The van der Waals surface area contributed by atoms with E-state index >= 15 is 0 Å². The highest BCUT2D eigenvalue weighted by Gasteiger charge is 2.05. The molecule has 0 saturated heterocycles. The lowest BCUT2D eigenvalue weighted by Crippen LogP contribution is -2.07. The summed E-state index contributed by atoms with van der Waals surface area (Å²) < 4.78 is 11.9. The maximum atomic E-state index is 5.62. The number of ether oxygens (including phenoxy) is 2. The Hall–Kier alpha value is -1.27. The van der Waals surface area contributed by atoms with Gasteiger partial charge in [0.25, 0.3) is 0 Å². The Balaban J connectivity index is 1.98. The van der Waals surface area contributed by atoms with Gasteiger partial charge in [0.2, 0.25) is 0 Å². The molecule has 0 bridgehead atoms. The zero-order valence-electron chi connectivity index (χ0n) is 12.3. The molecule has 0 heterocycles. The lowest BCUT2D eigenvalue weighted by Gasteiger charge is -2.16. The molecule has 0 aliphatic carbocycles. The molecule has 0 saturated carbocycles. The van der Waals surface area contributed by atoms with Crippen molar-refractivity contribution in [3.63, 3.8) is 0 Å². The number of halogens is 1. The van der Waals surface area contributed by atoms with E-state index in [-0.39, 0.29) is 6.04 Å². The number of rotatable bonds is 7. The van der Waals surface area contributed by atoms with Crippen LogP contribution in [0.1, 0.15) is 18.5 Å². The molecule has 0 amide bonds. The van der Waals surface area contributed by atoms with Gasteiger partial charge in [-0.15, -0.1) is 0 Å². The smallest absolute Gasteiger partial charge is 0.121 e. The fourth-order valence-electron chi connectivity index (χ4n) is 2.00. The van der Waals surface area contributed by atoms with E-state index in [4.69, 9.17) is 9.47 Å². The van der Waals surface area contributed by atoms with E-state index in [1.54, 1.807) is 7.11 Å². The van der Waals surface area contributed by atoms with E-state index in [1.165, 1.54) is 9.13 Å². The van der Waals surface area contributed by atoms with Gasteiger partial charge < -0.3 is 14.8 Å². The Kier molecular flexibility index (Phi) is 6.32. The number of anilines is 1. The molecule has 1 N–H and O–H groups in total. The van der Waals surface area contributed by atoms with Gasteiger partial charge in [-0.1, -0.05) is 18.2 Å². The van der Waals surface area contributed by atoms with Crippen molar-refractivity contribution in [3.8, 4) is 5.75 Å². The number of nitrogens with one attached hydrogen (secondary N) is 1. The zero-order chi connectivity index (χ0) is 15.1. The molecule has 1 unspecified atom stereocenters. The van der Waals surface area contributed by atoms with Gasteiger partial charge >= 0.3 is 0 Å². The summed E-state index contributed by atoms with van der Waals surface area (Å²) in [5.41, 5.74) is 2.32. The molecule has 4 heteroatoms. The molecule has 0 radical (unpaired) electrons. The highest BCUT2D eigenvalue weighted by molar-refractivity contribution is 14.1. The van der Waals surface area contributed by atoms with Crippen molar-refractivity contribution in [2.45, 2.75) is 13.0 Å². The van der Waals surface area contributed by atoms with E-state index in [0.29, 0.717) is 13.2 Å². The van der Waals surface area contributed by atoms with E-state index in [2.05, 4.69) is 59.1 Å². The Morgan fingerprint density at radius 3 is 2.57 bits per heavy atom. The second-order valence-electron chi connectivity index (χ2n) is 4.79. The lowest BCUT2D eigenvalue weighted by molar-refractivity contribution is 0.146. The molecule has 0 aromatic heterocycles. The van der Waals surface area contributed by atoms with Gasteiger partial charge in [0.05, 0.1) is 6.61 Å². The normalized spacial score (nSPS) is 12.0. The van der Waals surface area contributed by atoms with Gasteiger partial charge in [-0.3, -0.25) is 0 Å². The molecule has 0 aliphatic rings. The highest BCUT2D eigenvalue weighted by atomic mass is 127. The highest BCUT2D eigenvalue weighted by Crippen LogP contribution is 2.23. The van der Waals surface area contributed by atoms with Crippen molar-refractivity contribution in [1.82, 2.24) is 0 Å². The van der Waals surface area contributed by atoms with Crippen LogP contribution in [-0.2, 0) is 4.74 Å². The first kappa shape index (κ1) is 16.1. The molecular formula is C17H20INO2. The van der Waals surface area contributed by atoms with E-state index in [1.807, 2.05) is 24.3 Å². The van der Waals surface area contributed by atoms with Crippen molar-refractivity contribution < 1.29 is 9.47 Å². The van der Waals surface area contributed by atoms with Crippen LogP contribution in [0.5, 0.6) is 5.75 Å². The monoisotopic (exact) mass is 397 g/mol. The van der Waals surface area contributed by atoms with Gasteiger partial charge in [0.1, 0.15) is 12.4 Å². The lowest BCUT2D eigenvalue weighted by atomic mass is 10.1. The van der Waals surface area contributed by atoms with Crippen LogP contribution >= 0.6 is 22.6 Å². The average Bonchev–Trinajstić information content (AvgIpc) is 2.48. The molecule has 3 nitrogen and oxygen atoms in total. The zero-order valence-corrected chi connectivity index (χ0v) is 14.5. The number of hydrogen-bond acceptors (Lipinski definition) is 3. The topological polar surface area (TPSA) is 30.5 Å². The van der Waals surface area contributed by atoms with Crippen LogP contribution in [-0.4, -0.2) is 20.3 Å². The van der Waals surface area contributed by atoms with E-state index in [0.717, 1.165) is 11.4 Å². The standard InChI is InChI=1S/C17H20INO2/c1-13(14-6-8-15(18)9-7-14)19-16-4-3-5-17(12-16)21-11-10-20-2/h3-9,12-13,19H,10-11H2,1-2H3. The SMILES string of the molecule is COCCOc1cccc(NC(C)c2ccc(I)cc2)c1. The van der Waals surface area contributed by atoms with E-state index in [9.17, 15) is 0 Å². The van der Waals surface area contributed by atoms with Crippen LogP contribution in [0.3, 0.4) is 0 Å². The predicted octanol–water partition coefficient (Wildman–Crippen LogP) is 4.49. The van der Waals surface area contributed by atoms with Crippen LogP contribution in [0.2, 0.25) is 0 Å². The van der Waals surface area contributed by atoms with Gasteiger partial charge in [-0.2, -0.15) is 0 Å². The van der Waals surface area contributed by atoms with Gasteiger partial charge in [-0.25, -0.2) is 0 Å². The summed E-state index contributed by atoms with van der Waals surface area (Å²) in [6.45, 7) is 3.31. The molecular weight excluding hydrogens is 377 g/mol. The van der Waals surface area contributed by atoms with Crippen molar-refractivity contribution in [3.05, 3.63) is 57.7 Å². The largest absolute Gasteiger partial charge is 0.491 e. The van der Waals surface area contributed by atoms with Crippen molar-refractivity contribution in [2.75, 3.05) is 25.6 Å². The minimum atomic E-state index is 0.247. The maximum Gasteiger partial charge on any atom is 0.121 e.